The molecule has 0 aliphatic carbocycles. The van der Waals surface area contributed by atoms with Crippen LogP contribution in [0, 0.1) is 6.92 Å². The zero-order valence-electron chi connectivity index (χ0n) is 11.8. The molecule has 0 spiro atoms. The zero-order valence-corrected chi connectivity index (χ0v) is 14.2. The van der Waals surface area contributed by atoms with Gasteiger partial charge in [0, 0.05) is 28.0 Å². The van der Waals surface area contributed by atoms with Crippen LogP contribution in [0.4, 0.5) is 11.4 Å². The van der Waals surface area contributed by atoms with E-state index in [0.29, 0.717) is 16.3 Å². The van der Waals surface area contributed by atoms with E-state index in [1.165, 1.54) is 0 Å². The molecule has 21 heavy (non-hydrogen) atoms. The molecule has 2 N–H and O–H groups in total. The van der Waals surface area contributed by atoms with Crippen LogP contribution in [0.5, 0.6) is 0 Å². The van der Waals surface area contributed by atoms with Crippen LogP contribution in [0.25, 0.3) is 0 Å². The Bertz CT molecular complexity index is 673. The van der Waals surface area contributed by atoms with Gasteiger partial charge in [0.15, 0.2) is 0 Å². The van der Waals surface area contributed by atoms with E-state index in [1.807, 2.05) is 32.0 Å². The van der Waals surface area contributed by atoms with Crippen molar-refractivity contribution < 1.29 is 4.79 Å². The van der Waals surface area contributed by atoms with Crippen LogP contribution in [-0.4, -0.2) is 12.5 Å². The topological polar surface area (TPSA) is 41.1 Å². The summed E-state index contributed by atoms with van der Waals surface area (Å²) in [7, 11) is 0. The Morgan fingerprint density at radius 1 is 1.19 bits per heavy atom. The van der Waals surface area contributed by atoms with Gasteiger partial charge < -0.3 is 10.6 Å². The summed E-state index contributed by atoms with van der Waals surface area (Å²) in [6.07, 6.45) is 0. The maximum atomic E-state index is 12.3. The summed E-state index contributed by atoms with van der Waals surface area (Å²) in [5.41, 5.74) is 3.30. The molecule has 0 aliphatic rings. The quantitative estimate of drug-likeness (QED) is 0.790. The third-order valence-corrected chi connectivity index (χ3v) is 4.24. The van der Waals surface area contributed by atoms with Crippen LogP contribution < -0.4 is 10.6 Å². The highest BCUT2D eigenvalue weighted by Crippen LogP contribution is 2.26. The standard InChI is InChI=1S/C16H16BrClN2O/c1-3-19-11-4-6-13(10(2)8-11)16(21)20-12-5-7-15(18)14(17)9-12/h4-9,19H,3H2,1-2H3,(H,20,21). The smallest absolute Gasteiger partial charge is 0.255 e. The molecule has 0 fully saturated rings. The first-order valence-corrected chi connectivity index (χ1v) is 7.79. The van der Waals surface area contributed by atoms with Gasteiger partial charge in [0.1, 0.15) is 0 Å². The first-order chi connectivity index (χ1) is 10.0. The predicted octanol–water partition coefficient (Wildman–Crippen LogP) is 5.10. The molecule has 2 aromatic rings. The minimum atomic E-state index is -0.134. The molecular weight excluding hydrogens is 352 g/mol. The van der Waals surface area contributed by atoms with Crippen molar-refractivity contribution in [1.82, 2.24) is 0 Å². The van der Waals surface area contributed by atoms with E-state index in [0.717, 1.165) is 22.3 Å². The maximum absolute atomic E-state index is 12.3. The Hall–Kier alpha value is -1.52. The molecule has 1 amide bonds. The van der Waals surface area contributed by atoms with Crippen molar-refractivity contribution in [2.24, 2.45) is 0 Å². The van der Waals surface area contributed by atoms with E-state index >= 15 is 0 Å². The number of hydrogen-bond donors (Lipinski definition) is 2. The Labute approximate surface area is 137 Å². The molecule has 0 saturated carbocycles. The molecule has 0 aromatic heterocycles. The van der Waals surface area contributed by atoms with Gasteiger partial charge in [0.05, 0.1) is 5.02 Å². The first kappa shape index (κ1) is 15.9. The lowest BCUT2D eigenvalue weighted by Gasteiger charge is -2.10. The molecule has 0 atom stereocenters. The fourth-order valence-electron chi connectivity index (χ4n) is 2.00. The summed E-state index contributed by atoms with van der Waals surface area (Å²) in [6, 6.07) is 11.0. The zero-order chi connectivity index (χ0) is 15.4. The molecule has 0 aliphatic heterocycles. The van der Waals surface area contributed by atoms with Gasteiger partial charge in [-0.3, -0.25) is 4.79 Å². The lowest BCUT2D eigenvalue weighted by atomic mass is 10.1. The molecule has 0 bridgehead atoms. The number of anilines is 2. The van der Waals surface area contributed by atoms with E-state index in [1.54, 1.807) is 18.2 Å². The molecular formula is C16H16BrClN2O. The van der Waals surface area contributed by atoms with Crippen molar-refractivity contribution >= 4 is 44.8 Å². The SMILES string of the molecule is CCNc1ccc(C(=O)Nc2ccc(Cl)c(Br)c2)c(C)c1. The second kappa shape index (κ2) is 6.96. The minimum Gasteiger partial charge on any atom is -0.385 e. The van der Waals surface area contributed by atoms with Gasteiger partial charge in [-0.25, -0.2) is 0 Å². The van der Waals surface area contributed by atoms with Gasteiger partial charge in [-0.2, -0.15) is 0 Å². The van der Waals surface area contributed by atoms with Crippen LogP contribution in [-0.2, 0) is 0 Å². The number of rotatable bonds is 4. The number of carbonyl (C=O) groups is 1. The molecule has 3 nitrogen and oxygen atoms in total. The molecule has 0 heterocycles. The average molecular weight is 368 g/mol. The number of nitrogens with one attached hydrogen (secondary N) is 2. The van der Waals surface area contributed by atoms with Crippen molar-refractivity contribution in [2.45, 2.75) is 13.8 Å². The lowest BCUT2D eigenvalue weighted by molar-refractivity contribution is 0.102. The number of aryl methyl sites for hydroxylation is 1. The van der Waals surface area contributed by atoms with Gasteiger partial charge in [0.2, 0.25) is 0 Å². The Morgan fingerprint density at radius 2 is 1.90 bits per heavy atom. The van der Waals surface area contributed by atoms with Crippen molar-refractivity contribution in [3.05, 3.63) is 57.0 Å². The van der Waals surface area contributed by atoms with Crippen molar-refractivity contribution in [2.75, 3.05) is 17.2 Å². The Kier molecular flexibility index (Phi) is 5.26. The summed E-state index contributed by atoms with van der Waals surface area (Å²) < 4.78 is 0.751. The number of amides is 1. The highest BCUT2D eigenvalue weighted by atomic mass is 79.9. The summed E-state index contributed by atoms with van der Waals surface area (Å²) in [4.78, 5) is 12.3. The predicted molar refractivity (Wildman–Crippen MR) is 92.4 cm³/mol. The fraction of sp³-hybridized carbons (Fsp3) is 0.188. The second-order valence-electron chi connectivity index (χ2n) is 4.64. The fourth-order valence-corrected chi connectivity index (χ4v) is 2.50. The van der Waals surface area contributed by atoms with Gasteiger partial charge in [-0.1, -0.05) is 11.6 Å². The molecule has 110 valence electrons. The van der Waals surface area contributed by atoms with Crippen LogP contribution >= 0.6 is 27.5 Å². The van der Waals surface area contributed by atoms with Crippen LogP contribution in [0.2, 0.25) is 5.02 Å². The van der Waals surface area contributed by atoms with Gasteiger partial charge in [0.25, 0.3) is 5.91 Å². The van der Waals surface area contributed by atoms with Gasteiger partial charge in [-0.05, 0) is 71.7 Å². The summed E-state index contributed by atoms with van der Waals surface area (Å²) in [5.74, 6) is -0.134. The summed E-state index contributed by atoms with van der Waals surface area (Å²) in [5, 5.41) is 6.71. The van der Waals surface area contributed by atoms with E-state index in [-0.39, 0.29) is 5.91 Å². The highest BCUT2D eigenvalue weighted by molar-refractivity contribution is 9.10. The summed E-state index contributed by atoms with van der Waals surface area (Å²) in [6.45, 7) is 4.81. The second-order valence-corrected chi connectivity index (χ2v) is 5.90. The third-order valence-electron chi connectivity index (χ3n) is 3.03. The molecule has 0 radical (unpaired) electrons. The molecule has 2 aromatic carbocycles. The minimum absolute atomic E-state index is 0.134. The third kappa shape index (κ3) is 3.99. The highest BCUT2D eigenvalue weighted by Gasteiger charge is 2.10. The van der Waals surface area contributed by atoms with Gasteiger partial charge in [-0.15, -0.1) is 0 Å². The van der Waals surface area contributed by atoms with E-state index in [9.17, 15) is 4.79 Å². The van der Waals surface area contributed by atoms with Crippen LogP contribution in [0.1, 0.15) is 22.8 Å². The lowest BCUT2D eigenvalue weighted by Crippen LogP contribution is -2.13. The normalized spacial score (nSPS) is 10.3. The summed E-state index contributed by atoms with van der Waals surface area (Å²) >= 11 is 9.28. The van der Waals surface area contributed by atoms with E-state index < -0.39 is 0 Å². The number of carbonyl (C=O) groups excluding carboxylic acids is 1. The van der Waals surface area contributed by atoms with E-state index in [4.69, 9.17) is 11.6 Å². The number of hydrogen-bond acceptors (Lipinski definition) is 2. The van der Waals surface area contributed by atoms with Crippen molar-refractivity contribution in [3.63, 3.8) is 0 Å². The number of benzene rings is 2. The Morgan fingerprint density at radius 3 is 2.52 bits per heavy atom. The average Bonchev–Trinajstić information content (AvgIpc) is 2.43. The molecule has 0 unspecified atom stereocenters. The molecule has 0 saturated heterocycles. The Balaban J connectivity index is 2.18. The van der Waals surface area contributed by atoms with Crippen LogP contribution in [0.15, 0.2) is 40.9 Å². The largest absolute Gasteiger partial charge is 0.385 e. The van der Waals surface area contributed by atoms with Crippen LogP contribution in [0.3, 0.4) is 0 Å². The monoisotopic (exact) mass is 366 g/mol. The maximum Gasteiger partial charge on any atom is 0.255 e. The molecule has 5 heteroatoms. The van der Waals surface area contributed by atoms with Gasteiger partial charge >= 0.3 is 0 Å². The van der Waals surface area contributed by atoms with Crippen molar-refractivity contribution in [3.8, 4) is 0 Å². The van der Waals surface area contributed by atoms with Crippen molar-refractivity contribution in [1.29, 1.82) is 0 Å². The molecule has 2 rings (SSSR count). The first-order valence-electron chi connectivity index (χ1n) is 6.62. The van der Waals surface area contributed by atoms with E-state index in [2.05, 4.69) is 26.6 Å². The number of halogens is 2.